The van der Waals surface area contributed by atoms with Crippen molar-refractivity contribution in [2.24, 2.45) is 11.8 Å². The number of carbonyl (C=O) groups is 3. The van der Waals surface area contributed by atoms with E-state index in [1.165, 1.54) is 7.11 Å². The van der Waals surface area contributed by atoms with Crippen LogP contribution in [-0.2, 0) is 23.9 Å². The zero-order valence-electron chi connectivity index (χ0n) is 18.1. The molecule has 0 aromatic heterocycles. The Labute approximate surface area is 184 Å². The number of alkyl halides is 3. The van der Waals surface area contributed by atoms with Gasteiger partial charge in [0.25, 0.3) is 0 Å². The van der Waals surface area contributed by atoms with E-state index in [1.807, 2.05) is 0 Å². The Morgan fingerprint density at radius 1 is 1.06 bits per heavy atom. The molecule has 1 saturated carbocycles. The molecule has 0 heterocycles. The molecule has 1 aliphatic rings. The van der Waals surface area contributed by atoms with E-state index in [9.17, 15) is 27.6 Å². The zero-order chi connectivity index (χ0) is 23.7. The van der Waals surface area contributed by atoms with Gasteiger partial charge in [0, 0.05) is 0 Å². The van der Waals surface area contributed by atoms with Crippen molar-refractivity contribution in [2.45, 2.75) is 51.2 Å². The van der Waals surface area contributed by atoms with Crippen LogP contribution in [0.1, 0.15) is 50.6 Å². The van der Waals surface area contributed by atoms with Crippen LogP contribution >= 0.6 is 0 Å². The van der Waals surface area contributed by atoms with Crippen LogP contribution in [0.25, 0.3) is 0 Å². The summed E-state index contributed by atoms with van der Waals surface area (Å²) < 4.78 is 51.8. The molecule has 0 spiro atoms. The maximum atomic E-state index is 13.0. The molecule has 3 atom stereocenters. The van der Waals surface area contributed by atoms with E-state index >= 15 is 0 Å². The number of ether oxygens (including phenoxy) is 3. The van der Waals surface area contributed by atoms with Gasteiger partial charge in [-0.3, -0.25) is 14.4 Å². The van der Waals surface area contributed by atoms with E-state index in [2.05, 4.69) is 10.1 Å². The second-order valence-electron chi connectivity index (χ2n) is 7.56. The third-order valence-electron chi connectivity index (χ3n) is 5.29. The minimum Gasteiger partial charge on any atom is -0.497 e. The van der Waals surface area contributed by atoms with Crippen molar-refractivity contribution in [2.75, 3.05) is 20.3 Å². The molecule has 32 heavy (non-hydrogen) atoms. The van der Waals surface area contributed by atoms with E-state index in [-0.39, 0.29) is 19.4 Å². The first-order valence-electron chi connectivity index (χ1n) is 10.5. The Morgan fingerprint density at radius 3 is 2.25 bits per heavy atom. The van der Waals surface area contributed by atoms with Gasteiger partial charge in [-0.15, -0.1) is 0 Å². The Morgan fingerprint density at radius 2 is 1.69 bits per heavy atom. The molecule has 0 aliphatic heterocycles. The lowest BCUT2D eigenvalue weighted by Gasteiger charge is -2.30. The number of amides is 1. The Balaban J connectivity index is 2.15. The van der Waals surface area contributed by atoms with Crippen molar-refractivity contribution in [3.63, 3.8) is 0 Å². The average molecular weight is 459 g/mol. The number of esters is 2. The van der Waals surface area contributed by atoms with Gasteiger partial charge in [0.2, 0.25) is 5.91 Å². The monoisotopic (exact) mass is 459 g/mol. The highest BCUT2D eigenvalue weighted by molar-refractivity contribution is 5.86. The van der Waals surface area contributed by atoms with E-state index < -0.39 is 48.5 Å². The smallest absolute Gasteiger partial charge is 0.422 e. The summed E-state index contributed by atoms with van der Waals surface area (Å²) in [5.74, 6) is -3.27. The van der Waals surface area contributed by atoms with E-state index in [0.29, 0.717) is 30.6 Å². The number of carbonyl (C=O) groups excluding carboxylic acids is 3. The van der Waals surface area contributed by atoms with Crippen molar-refractivity contribution in [1.82, 2.24) is 5.32 Å². The first-order valence-corrected chi connectivity index (χ1v) is 10.5. The zero-order valence-corrected chi connectivity index (χ0v) is 18.1. The highest BCUT2D eigenvalue weighted by Gasteiger charge is 2.39. The van der Waals surface area contributed by atoms with Crippen molar-refractivity contribution in [3.05, 3.63) is 29.8 Å². The minimum absolute atomic E-state index is 0.137. The van der Waals surface area contributed by atoms with Crippen molar-refractivity contribution in [3.8, 4) is 5.75 Å². The van der Waals surface area contributed by atoms with Crippen LogP contribution in [0.3, 0.4) is 0 Å². The predicted molar refractivity (Wildman–Crippen MR) is 108 cm³/mol. The van der Waals surface area contributed by atoms with Gasteiger partial charge in [0.05, 0.1) is 38.0 Å². The van der Waals surface area contributed by atoms with Crippen LogP contribution < -0.4 is 10.1 Å². The fourth-order valence-corrected chi connectivity index (χ4v) is 3.74. The van der Waals surface area contributed by atoms with Gasteiger partial charge in [0.15, 0.2) is 6.61 Å². The second-order valence-corrected chi connectivity index (χ2v) is 7.56. The summed E-state index contributed by atoms with van der Waals surface area (Å²) >= 11 is 0. The van der Waals surface area contributed by atoms with Crippen LogP contribution in [0.15, 0.2) is 24.3 Å². The van der Waals surface area contributed by atoms with Gasteiger partial charge in [0.1, 0.15) is 5.75 Å². The fraction of sp³-hybridized carbons (Fsp3) is 0.591. The number of hydrogen-bond donors (Lipinski definition) is 1. The lowest BCUT2D eigenvalue weighted by Crippen LogP contribution is -2.42. The molecule has 0 unspecified atom stereocenters. The molecule has 0 saturated heterocycles. The maximum Gasteiger partial charge on any atom is 0.422 e. The normalized spacial score (nSPS) is 19.5. The molecular weight excluding hydrogens is 431 g/mol. The molecule has 1 aromatic rings. The molecule has 1 N–H and O–H groups in total. The van der Waals surface area contributed by atoms with E-state index in [1.54, 1.807) is 31.2 Å². The molecule has 1 fully saturated rings. The lowest BCUT2D eigenvalue weighted by molar-refractivity contribution is -0.191. The molecule has 1 amide bonds. The van der Waals surface area contributed by atoms with Crippen LogP contribution in [0, 0.1) is 11.8 Å². The maximum absolute atomic E-state index is 13.0. The van der Waals surface area contributed by atoms with E-state index in [0.717, 1.165) is 0 Å². The fourth-order valence-electron chi connectivity index (χ4n) is 3.74. The topological polar surface area (TPSA) is 90.9 Å². The molecule has 0 bridgehead atoms. The molecule has 0 radical (unpaired) electrons. The summed E-state index contributed by atoms with van der Waals surface area (Å²) in [6.45, 7) is 0.157. The Bertz CT molecular complexity index is 781. The van der Waals surface area contributed by atoms with Gasteiger partial charge >= 0.3 is 18.1 Å². The quantitative estimate of drug-likeness (QED) is 0.566. The number of rotatable bonds is 9. The Kier molecular flexibility index (Phi) is 9.34. The number of halogens is 3. The standard InChI is InChI=1S/C22H28F3NO6/c1-3-31-19(27)12-18(14-8-10-15(30-2)11-9-14)26-20(28)16-6-4-5-7-17(16)21(29)32-13-22(23,24)25/h8-11,16-18H,3-7,12-13H2,1-2H3,(H,26,28)/t16-,17+,18-/m0/s1. The first-order chi connectivity index (χ1) is 15.1. The van der Waals surface area contributed by atoms with E-state index in [4.69, 9.17) is 9.47 Å². The van der Waals surface area contributed by atoms with Crippen LogP contribution in [0.5, 0.6) is 5.75 Å². The third-order valence-corrected chi connectivity index (χ3v) is 5.29. The van der Waals surface area contributed by atoms with Crippen molar-refractivity contribution >= 4 is 17.8 Å². The highest BCUT2D eigenvalue weighted by atomic mass is 19.4. The third kappa shape index (κ3) is 7.72. The summed E-state index contributed by atoms with van der Waals surface area (Å²) in [5, 5.41) is 2.78. The molecule has 7 nitrogen and oxygen atoms in total. The summed E-state index contributed by atoms with van der Waals surface area (Å²) in [7, 11) is 1.51. The highest BCUT2D eigenvalue weighted by Crippen LogP contribution is 2.33. The molecular formula is C22H28F3NO6. The molecule has 10 heteroatoms. The second kappa shape index (κ2) is 11.7. The van der Waals surface area contributed by atoms with Gasteiger partial charge < -0.3 is 19.5 Å². The number of hydrogen-bond acceptors (Lipinski definition) is 6. The van der Waals surface area contributed by atoms with Gasteiger partial charge in [-0.05, 0) is 37.5 Å². The largest absolute Gasteiger partial charge is 0.497 e. The summed E-state index contributed by atoms with van der Waals surface area (Å²) in [6, 6.07) is 6.01. The van der Waals surface area contributed by atoms with Gasteiger partial charge in [-0.1, -0.05) is 25.0 Å². The summed E-state index contributed by atoms with van der Waals surface area (Å²) in [6.07, 6.45) is -2.90. The van der Waals surface area contributed by atoms with Crippen LogP contribution in [-0.4, -0.2) is 44.3 Å². The average Bonchev–Trinajstić information content (AvgIpc) is 2.76. The predicted octanol–water partition coefficient (Wildman–Crippen LogP) is 3.72. The Hall–Kier alpha value is -2.78. The lowest BCUT2D eigenvalue weighted by atomic mass is 9.78. The molecule has 1 aliphatic carbocycles. The molecule has 178 valence electrons. The number of benzene rings is 1. The number of nitrogens with one attached hydrogen (secondary N) is 1. The summed E-state index contributed by atoms with van der Waals surface area (Å²) in [5.41, 5.74) is 0.624. The molecule has 2 rings (SSSR count). The van der Waals surface area contributed by atoms with Crippen molar-refractivity contribution in [1.29, 1.82) is 0 Å². The van der Waals surface area contributed by atoms with Gasteiger partial charge in [-0.25, -0.2) is 0 Å². The number of methoxy groups -OCH3 is 1. The summed E-state index contributed by atoms with van der Waals surface area (Å²) in [4.78, 5) is 37.4. The minimum atomic E-state index is -4.64. The van der Waals surface area contributed by atoms with Crippen LogP contribution in [0.4, 0.5) is 13.2 Å². The molecule has 1 aromatic carbocycles. The first kappa shape index (κ1) is 25.5. The van der Waals surface area contributed by atoms with Crippen molar-refractivity contribution < 1.29 is 41.8 Å². The van der Waals surface area contributed by atoms with Crippen LogP contribution in [0.2, 0.25) is 0 Å². The SMILES string of the molecule is CCOC(=O)C[C@H](NC(=O)[C@H]1CCCC[C@H]1C(=O)OCC(F)(F)F)c1ccc(OC)cc1. The van der Waals surface area contributed by atoms with Gasteiger partial charge in [-0.2, -0.15) is 13.2 Å².